The van der Waals surface area contributed by atoms with Gasteiger partial charge in [-0.15, -0.1) is 0 Å². The van der Waals surface area contributed by atoms with Crippen LogP contribution in [0.15, 0.2) is 47.5 Å². The number of rotatable bonds is 6. The number of phenols is 1. The van der Waals surface area contributed by atoms with E-state index in [9.17, 15) is 13.9 Å². The van der Waals surface area contributed by atoms with Crippen LogP contribution in [-0.2, 0) is 13.1 Å². The van der Waals surface area contributed by atoms with Gasteiger partial charge in [0.25, 0.3) is 0 Å². The Balaban J connectivity index is 1.50. The van der Waals surface area contributed by atoms with E-state index in [0.29, 0.717) is 19.1 Å². The molecule has 0 radical (unpaired) electrons. The lowest BCUT2D eigenvalue weighted by atomic mass is 10.0. The van der Waals surface area contributed by atoms with Crippen LogP contribution in [0.5, 0.6) is 5.75 Å². The summed E-state index contributed by atoms with van der Waals surface area (Å²) in [7, 11) is 0. The minimum absolute atomic E-state index is 0.240. The van der Waals surface area contributed by atoms with E-state index in [0.717, 1.165) is 49.6 Å². The number of benzene rings is 2. The number of hydrogen-bond donors (Lipinski definition) is 3. The maximum Gasteiger partial charge on any atom is 0.191 e. The zero-order valence-electron chi connectivity index (χ0n) is 16.7. The zero-order chi connectivity index (χ0) is 20.6. The summed E-state index contributed by atoms with van der Waals surface area (Å²) < 4.78 is 26.5. The number of hydrogen-bond acceptors (Lipinski definition) is 3. The summed E-state index contributed by atoms with van der Waals surface area (Å²) >= 11 is 0. The minimum atomic E-state index is -0.808. The molecule has 0 spiro atoms. The highest BCUT2D eigenvalue weighted by atomic mass is 19.2. The number of aromatic hydroxyl groups is 1. The molecule has 2 aromatic carbocycles. The van der Waals surface area contributed by atoms with Crippen LogP contribution in [0.2, 0.25) is 0 Å². The predicted octanol–water partition coefficient (Wildman–Crippen LogP) is 3.39. The van der Waals surface area contributed by atoms with Gasteiger partial charge in [-0.05, 0) is 55.2 Å². The number of piperidine rings is 1. The van der Waals surface area contributed by atoms with Gasteiger partial charge in [0.2, 0.25) is 0 Å². The van der Waals surface area contributed by atoms with Crippen LogP contribution in [0.3, 0.4) is 0 Å². The third-order valence-electron chi connectivity index (χ3n) is 4.99. The molecule has 0 aliphatic carbocycles. The molecule has 2 aromatic rings. The van der Waals surface area contributed by atoms with Gasteiger partial charge in [0.1, 0.15) is 5.75 Å². The molecule has 0 saturated carbocycles. The first kappa shape index (κ1) is 21.0. The van der Waals surface area contributed by atoms with E-state index in [1.54, 1.807) is 18.2 Å². The normalized spacial score (nSPS) is 16.0. The fourth-order valence-corrected chi connectivity index (χ4v) is 3.47. The van der Waals surface area contributed by atoms with Crippen molar-refractivity contribution in [1.29, 1.82) is 0 Å². The lowest BCUT2D eigenvalue weighted by molar-refractivity contribution is 0.198. The lowest BCUT2D eigenvalue weighted by Gasteiger charge is -2.33. The van der Waals surface area contributed by atoms with Crippen molar-refractivity contribution in [3.05, 3.63) is 65.2 Å². The van der Waals surface area contributed by atoms with Gasteiger partial charge < -0.3 is 15.7 Å². The molecular weight excluding hydrogens is 374 g/mol. The molecule has 7 heteroatoms. The number of likely N-dealkylation sites (tertiary alicyclic amines) is 1. The molecule has 0 amide bonds. The van der Waals surface area contributed by atoms with E-state index >= 15 is 0 Å². The quantitative estimate of drug-likeness (QED) is 0.512. The Bertz CT molecular complexity index is 835. The van der Waals surface area contributed by atoms with E-state index in [-0.39, 0.29) is 5.75 Å². The average Bonchev–Trinajstić information content (AvgIpc) is 2.71. The number of nitrogens with zero attached hydrogens (tertiary/aromatic N) is 2. The molecule has 0 aromatic heterocycles. The van der Waals surface area contributed by atoms with Gasteiger partial charge in [-0.2, -0.15) is 0 Å². The van der Waals surface area contributed by atoms with E-state index in [1.165, 1.54) is 12.1 Å². The molecule has 1 fully saturated rings. The monoisotopic (exact) mass is 402 g/mol. The summed E-state index contributed by atoms with van der Waals surface area (Å²) in [4.78, 5) is 6.87. The molecule has 156 valence electrons. The molecule has 0 bridgehead atoms. The second kappa shape index (κ2) is 10.2. The summed E-state index contributed by atoms with van der Waals surface area (Å²) in [6.45, 7) is 5.65. The van der Waals surface area contributed by atoms with Gasteiger partial charge in [0, 0.05) is 32.2 Å². The summed E-state index contributed by atoms with van der Waals surface area (Å²) in [6.07, 6.45) is 1.89. The summed E-state index contributed by atoms with van der Waals surface area (Å²) in [5.41, 5.74) is 1.74. The van der Waals surface area contributed by atoms with Gasteiger partial charge in [-0.25, -0.2) is 13.8 Å². The number of nitrogens with one attached hydrogen (secondary N) is 2. The maximum atomic E-state index is 13.4. The van der Waals surface area contributed by atoms with Crippen molar-refractivity contribution in [2.75, 3.05) is 19.6 Å². The van der Waals surface area contributed by atoms with Gasteiger partial charge in [-0.3, -0.25) is 4.90 Å². The second-order valence-electron chi connectivity index (χ2n) is 7.31. The first-order chi connectivity index (χ1) is 14.0. The Labute approximate surface area is 170 Å². The molecule has 3 rings (SSSR count). The highest BCUT2D eigenvalue weighted by Crippen LogP contribution is 2.16. The Kier molecular flexibility index (Phi) is 7.41. The maximum absolute atomic E-state index is 13.4. The molecule has 0 unspecified atom stereocenters. The Hall–Kier alpha value is -2.67. The molecule has 3 N–H and O–H groups in total. The van der Waals surface area contributed by atoms with Crippen molar-refractivity contribution >= 4 is 5.96 Å². The van der Waals surface area contributed by atoms with Crippen LogP contribution in [0.4, 0.5) is 8.78 Å². The topological polar surface area (TPSA) is 59.9 Å². The van der Waals surface area contributed by atoms with Gasteiger partial charge in [-0.1, -0.05) is 18.2 Å². The van der Waals surface area contributed by atoms with Crippen LogP contribution in [-0.4, -0.2) is 41.6 Å². The van der Waals surface area contributed by atoms with Crippen LogP contribution in [0, 0.1) is 11.6 Å². The number of phenolic OH excluding ortho intramolecular Hbond substituents is 1. The Morgan fingerprint density at radius 1 is 1.10 bits per heavy atom. The van der Waals surface area contributed by atoms with Crippen molar-refractivity contribution in [2.24, 2.45) is 4.99 Å². The third-order valence-corrected chi connectivity index (χ3v) is 4.99. The van der Waals surface area contributed by atoms with Crippen molar-refractivity contribution < 1.29 is 13.9 Å². The Morgan fingerprint density at radius 2 is 1.90 bits per heavy atom. The van der Waals surface area contributed by atoms with Crippen molar-refractivity contribution in [2.45, 2.75) is 38.9 Å². The third kappa shape index (κ3) is 6.42. The van der Waals surface area contributed by atoms with Gasteiger partial charge >= 0.3 is 0 Å². The van der Waals surface area contributed by atoms with Gasteiger partial charge in [0.05, 0.1) is 6.54 Å². The predicted molar refractivity (Wildman–Crippen MR) is 111 cm³/mol. The highest BCUT2D eigenvalue weighted by molar-refractivity contribution is 5.80. The SMILES string of the molecule is CCNC(=NCc1cccc(O)c1)NC1CCN(Cc2ccc(F)c(F)c2)CC1. The summed E-state index contributed by atoms with van der Waals surface area (Å²) in [5, 5.41) is 16.3. The first-order valence-electron chi connectivity index (χ1n) is 10.0. The van der Waals surface area contributed by atoms with E-state index < -0.39 is 11.6 Å². The largest absolute Gasteiger partial charge is 0.508 e. The fourth-order valence-electron chi connectivity index (χ4n) is 3.47. The second-order valence-corrected chi connectivity index (χ2v) is 7.31. The van der Waals surface area contributed by atoms with Crippen molar-refractivity contribution in [1.82, 2.24) is 15.5 Å². The molecule has 29 heavy (non-hydrogen) atoms. The van der Waals surface area contributed by atoms with Crippen LogP contribution in [0.25, 0.3) is 0 Å². The van der Waals surface area contributed by atoms with Gasteiger partial charge in [0.15, 0.2) is 17.6 Å². The number of aliphatic imine (C=N–C) groups is 1. The van der Waals surface area contributed by atoms with Crippen molar-refractivity contribution in [3.8, 4) is 5.75 Å². The van der Waals surface area contributed by atoms with Crippen LogP contribution in [0.1, 0.15) is 30.9 Å². The number of guanidine groups is 1. The summed E-state index contributed by atoms with van der Waals surface area (Å²) in [6, 6.07) is 11.5. The van der Waals surface area contributed by atoms with E-state index in [2.05, 4.69) is 20.5 Å². The summed E-state index contributed by atoms with van der Waals surface area (Å²) in [5.74, 6) is -0.603. The minimum Gasteiger partial charge on any atom is -0.508 e. The zero-order valence-corrected chi connectivity index (χ0v) is 16.7. The average molecular weight is 402 g/mol. The molecular formula is C22H28F2N4O. The molecule has 1 aliphatic rings. The van der Waals surface area contributed by atoms with Crippen LogP contribution >= 0.6 is 0 Å². The number of halogens is 2. The fraction of sp³-hybridized carbons (Fsp3) is 0.409. The first-order valence-corrected chi connectivity index (χ1v) is 10.0. The van der Waals surface area contributed by atoms with E-state index in [4.69, 9.17) is 0 Å². The Morgan fingerprint density at radius 3 is 2.59 bits per heavy atom. The smallest absolute Gasteiger partial charge is 0.191 e. The highest BCUT2D eigenvalue weighted by Gasteiger charge is 2.20. The molecule has 5 nitrogen and oxygen atoms in total. The molecule has 1 aliphatic heterocycles. The van der Waals surface area contributed by atoms with Crippen molar-refractivity contribution in [3.63, 3.8) is 0 Å². The molecule has 1 saturated heterocycles. The van der Waals surface area contributed by atoms with E-state index in [1.807, 2.05) is 19.1 Å². The van der Waals surface area contributed by atoms with Crippen LogP contribution < -0.4 is 10.6 Å². The molecule has 1 heterocycles. The molecule has 0 atom stereocenters. The lowest BCUT2D eigenvalue weighted by Crippen LogP contribution is -2.48. The standard InChI is InChI=1S/C22H28F2N4O/c1-2-25-22(26-14-16-4-3-5-19(29)12-16)27-18-8-10-28(11-9-18)15-17-6-7-20(23)21(24)13-17/h3-7,12-13,18,29H,2,8-11,14-15H2,1H3,(H2,25,26,27).